The van der Waals surface area contributed by atoms with E-state index in [1.54, 1.807) is 26.0 Å². The van der Waals surface area contributed by atoms with Gasteiger partial charge in [-0.05, 0) is 49.1 Å². The number of aromatic nitrogens is 2. The molecule has 1 aliphatic heterocycles. The Morgan fingerprint density at radius 3 is 2.67 bits per heavy atom. The Bertz CT molecular complexity index is 1170. The van der Waals surface area contributed by atoms with E-state index in [9.17, 15) is 14.0 Å². The van der Waals surface area contributed by atoms with Crippen LogP contribution < -0.4 is 15.8 Å². The molecule has 2 heterocycles. The summed E-state index contributed by atoms with van der Waals surface area (Å²) in [7, 11) is 0. The van der Waals surface area contributed by atoms with Gasteiger partial charge in [-0.1, -0.05) is 30.3 Å². The monoisotopic (exact) mass is 406 g/mol. The van der Waals surface area contributed by atoms with Gasteiger partial charge in [0, 0.05) is 30.5 Å². The number of amides is 1. The van der Waals surface area contributed by atoms with E-state index in [0.717, 1.165) is 6.42 Å². The number of nitrogens with one attached hydrogen (secondary N) is 1. The number of halogens is 1. The lowest BCUT2D eigenvalue weighted by atomic mass is 10.0. The molecule has 1 aromatic heterocycles. The SMILES string of the molecule is Cc1cc(=O)n(CC(=O)Nc2ccc(C)c(F)c2)c(N2CCc3ccccc3C2)n1. The topological polar surface area (TPSA) is 67.2 Å². The van der Waals surface area contributed by atoms with Crippen molar-refractivity contribution >= 4 is 17.5 Å². The third kappa shape index (κ3) is 4.10. The second-order valence-electron chi connectivity index (χ2n) is 7.57. The molecular weight excluding hydrogens is 383 g/mol. The average Bonchev–Trinajstić information content (AvgIpc) is 2.72. The van der Waals surface area contributed by atoms with Crippen molar-refractivity contribution in [1.82, 2.24) is 9.55 Å². The molecule has 4 rings (SSSR count). The summed E-state index contributed by atoms with van der Waals surface area (Å²) in [6.07, 6.45) is 0.842. The quantitative estimate of drug-likeness (QED) is 0.723. The van der Waals surface area contributed by atoms with Gasteiger partial charge in [0.2, 0.25) is 11.9 Å². The fraction of sp³-hybridized carbons (Fsp3) is 0.261. The largest absolute Gasteiger partial charge is 0.337 e. The van der Waals surface area contributed by atoms with E-state index < -0.39 is 11.7 Å². The lowest BCUT2D eigenvalue weighted by molar-refractivity contribution is -0.116. The predicted octanol–water partition coefficient (Wildman–Crippen LogP) is 3.20. The molecule has 3 aromatic rings. The summed E-state index contributed by atoms with van der Waals surface area (Å²) in [4.78, 5) is 31.9. The number of hydrogen-bond donors (Lipinski definition) is 1. The standard InChI is InChI=1S/C23H23FN4O2/c1-15-7-8-19(12-20(15)24)26-21(29)14-28-22(30)11-16(2)25-23(28)27-10-9-17-5-3-4-6-18(17)13-27/h3-8,11-12H,9-10,13-14H2,1-2H3,(H,26,29). The van der Waals surface area contributed by atoms with E-state index >= 15 is 0 Å². The second-order valence-corrected chi connectivity index (χ2v) is 7.57. The maximum absolute atomic E-state index is 13.8. The molecule has 2 aromatic carbocycles. The van der Waals surface area contributed by atoms with Crippen LogP contribution in [0.15, 0.2) is 53.3 Å². The van der Waals surface area contributed by atoms with Gasteiger partial charge in [0.05, 0.1) is 0 Å². The zero-order valence-corrected chi connectivity index (χ0v) is 17.0. The number of carbonyl (C=O) groups excluding carboxylic acids is 1. The number of carbonyl (C=O) groups is 1. The fourth-order valence-corrected chi connectivity index (χ4v) is 3.68. The zero-order valence-electron chi connectivity index (χ0n) is 17.0. The molecule has 0 atom stereocenters. The molecule has 1 amide bonds. The molecule has 0 unspecified atom stereocenters. The first kappa shape index (κ1) is 19.8. The van der Waals surface area contributed by atoms with Crippen LogP contribution in [0.5, 0.6) is 0 Å². The smallest absolute Gasteiger partial charge is 0.255 e. The van der Waals surface area contributed by atoms with E-state index in [1.165, 1.54) is 27.8 Å². The molecule has 154 valence electrons. The molecule has 1 N–H and O–H groups in total. The minimum absolute atomic E-state index is 0.199. The lowest BCUT2D eigenvalue weighted by Gasteiger charge is -2.31. The summed E-state index contributed by atoms with van der Waals surface area (Å²) in [5, 5.41) is 2.66. The zero-order chi connectivity index (χ0) is 21.3. The van der Waals surface area contributed by atoms with Crippen molar-refractivity contribution in [2.75, 3.05) is 16.8 Å². The van der Waals surface area contributed by atoms with E-state index in [2.05, 4.69) is 22.4 Å². The third-order valence-corrected chi connectivity index (χ3v) is 5.29. The molecule has 0 saturated heterocycles. The van der Waals surface area contributed by atoms with Crippen LogP contribution in [0.3, 0.4) is 0 Å². The number of nitrogens with zero attached hydrogens (tertiary/aromatic N) is 3. The van der Waals surface area contributed by atoms with Crippen LogP contribution in [0, 0.1) is 19.7 Å². The first-order chi connectivity index (χ1) is 14.4. The summed E-state index contributed by atoms with van der Waals surface area (Å²) in [5.41, 5.74) is 3.64. The fourth-order valence-electron chi connectivity index (χ4n) is 3.68. The van der Waals surface area contributed by atoms with Gasteiger partial charge in [-0.3, -0.25) is 14.2 Å². The molecule has 0 radical (unpaired) electrons. The number of aryl methyl sites for hydroxylation is 2. The Kier molecular flexibility index (Phi) is 5.35. The highest BCUT2D eigenvalue weighted by atomic mass is 19.1. The van der Waals surface area contributed by atoms with Crippen molar-refractivity contribution < 1.29 is 9.18 Å². The van der Waals surface area contributed by atoms with Gasteiger partial charge >= 0.3 is 0 Å². The number of benzene rings is 2. The maximum Gasteiger partial charge on any atom is 0.255 e. The molecule has 7 heteroatoms. The molecule has 0 saturated carbocycles. The van der Waals surface area contributed by atoms with Crippen LogP contribution in [-0.4, -0.2) is 22.0 Å². The summed E-state index contributed by atoms with van der Waals surface area (Å²) >= 11 is 0. The van der Waals surface area contributed by atoms with Gasteiger partial charge in [-0.2, -0.15) is 0 Å². The highest BCUT2D eigenvalue weighted by molar-refractivity contribution is 5.90. The summed E-state index contributed by atoms with van der Waals surface area (Å²) in [6, 6.07) is 14.1. The van der Waals surface area contributed by atoms with E-state index in [4.69, 9.17) is 0 Å². The van der Waals surface area contributed by atoms with Crippen LogP contribution in [0.4, 0.5) is 16.0 Å². The average molecular weight is 406 g/mol. The van der Waals surface area contributed by atoms with E-state index in [-0.39, 0.29) is 12.1 Å². The molecule has 1 aliphatic rings. The Hall–Kier alpha value is -3.48. The van der Waals surface area contributed by atoms with Crippen molar-refractivity contribution in [2.24, 2.45) is 0 Å². The molecule has 0 bridgehead atoms. The van der Waals surface area contributed by atoms with Crippen LogP contribution in [0.25, 0.3) is 0 Å². The molecule has 30 heavy (non-hydrogen) atoms. The normalized spacial score (nSPS) is 13.1. The Morgan fingerprint density at radius 2 is 1.90 bits per heavy atom. The van der Waals surface area contributed by atoms with Gasteiger partial charge in [0.25, 0.3) is 5.56 Å². The van der Waals surface area contributed by atoms with Gasteiger partial charge in [-0.25, -0.2) is 9.37 Å². The van der Waals surface area contributed by atoms with Crippen LogP contribution in [-0.2, 0) is 24.3 Å². The molecule has 0 spiro atoms. The maximum atomic E-state index is 13.8. The Morgan fingerprint density at radius 1 is 1.13 bits per heavy atom. The van der Waals surface area contributed by atoms with Crippen molar-refractivity contribution in [3.05, 3.63) is 87.1 Å². The third-order valence-electron chi connectivity index (χ3n) is 5.29. The predicted molar refractivity (Wildman–Crippen MR) is 114 cm³/mol. The minimum Gasteiger partial charge on any atom is -0.337 e. The first-order valence-electron chi connectivity index (χ1n) is 9.87. The van der Waals surface area contributed by atoms with Crippen LogP contribution in [0.2, 0.25) is 0 Å². The summed E-state index contributed by atoms with van der Waals surface area (Å²) in [6.45, 7) is 4.55. The van der Waals surface area contributed by atoms with E-state index in [1.807, 2.05) is 17.0 Å². The van der Waals surface area contributed by atoms with Crippen LogP contribution in [0.1, 0.15) is 22.4 Å². The van der Waals surface area contributed by atoms with Gasteiger partial charge in [0.15, 0.2) is 0 Å². The van der Waals surface area contributed by atoms with Crippen molar-refractivity contribution in [1.29, 1.82) is 0 Å². The number of rotatable bonds is 4. The van der Waals surface area contributed by atoms with Crippen molar-refractivity contribution in [3.63, 3.8) is 0 Å². The lowest BCUT2D eigenvalue weighted by Crippen LogP contribution is -2.38. The molecule has 0 aliphatic carbocycles. The number of hydrogen-bond acceptors (Lipinski definition) is 4. The first-order valence-corrected chi connectivity index (χ1v) is 9.87. The molecule has 6 nitrogen and oxygen atoms in total. The highest BCUT2D eigenvalue weighted by Gasteiger charge is 2.22. The van der Waals surface area contributed by atoms with Crippen molar-refractivity contribution in [3.8, 4) is 0 Å². The summed E-state index contributed by atoms with van der Waals surface area (Å²) in [5.74, 6) is -0.334. The van der Waals surface area contributed by atoms with Crippen LogP contribution >= 0.6 is 0 Å². The second kappa shape index (κ2) is 8.10. The van der Waals surface area contributed by atoms with Gasteiger partial charge in [-0.15, -0.1) is 0 Å². The number of anilines is 2. The Balaban J connectivity index is 1.60. The van der Waals surface area contributed by atoms with Crippen molar-refractivity contribution in [2.45, 2.75) is 33.4 Å². The Labute approximate surface area is 174 Å². The minimum atomic E-state index is -0.412. The van der Waals surface area contributed by atoms with Gasteiger partial charge < -0.3 is 10.2 Å². The van der Waals surface area contributed by atoms with Gasteiger partial charge in [0.1, 0.15) is 12.4 Å². The van der Waals surface area contributed by atoms with E-state index in [0.29, 0.717) is 36.0 Å². The molecular formula is C23H23FN4O2. The highest BCUT2D eigenvalue weighted by Crippen LogP contribution is 2.23. The molecule has 0 fully saturated rings. The number of fused-ring (bicyclic) bond motifs is 1. The summed E-state index contributed by atoms with van der Waals surface area (Å²) < 4.78 is 15.1.